The second-order valence-electron chi connectivity index (χ2n) is 14.5. The van der Waals surface area contributed by atoms with E-state index in [1.165, 1.54) is 0 Å². The minimum absolute atomic E-state index is 0.169. The van der Waals surface area contributed by atoms with Crippen LogP contribution in [-0.2, 0) is 20.9 Å². The van der Waals surface area contributed by atoms with E-state index in [2.05, 4.69) is 33.1 Å². The van der Waals surface area contributed by atoms with E-state index >= 15 is 0 Å². The molecule has 2 aromatic carbocycles. The van der Waals surface area contributed by atoms with Gasteiger partial charge in [0.1, 0.15) is 11.6 Å². The zero-order valence-corrected chi connectivity index (χ0v) is 29.9. The molecule has 1 atom stereocenters. The Morgan fingerprint density at radius 3 is 2.62 bits per heavy atom. The highest BCUT2D eigenvalue weighted by Gasteiger charge is 2.39. The Hall–Kier alpha value is -5.37. The molecule has 276 valence electrons. The predicted molar refractivity (Wildman–Crippen MR) is 200 cm³/mol. The maximum atomic E-state index is 13.0. The van der Waals surface area contributed by atoms with E-state index < -0.39 is 11.9 Å². The Kier molecular flexibility index (Phi) is 10.0. The summed E-state index contributed by atoms with van der Waals surface area (Å²) in [5.74, 6) is -0.646. The third-order valence-corrected chi connectivity index (χ3v) is 11.0. The van der Waals surface area contributed by atoms with Crippen molar-refractivity contribution in [3.05, 3.63) is 66.1 Å². The molecule has 3 fully saturated rings. The van der Waals surface area contributed by atoms with Crippen LogP contribution >= 0.6 is 0 Å². The van der Waals surface area contributed by atoms with Crippen molar-refractivity contribution in [2.45, 2.75) is 70.0 Å². The van der Waals surface area contributed by atoms with Gasteiger partial charge >= 0.3 is 0 Å². The molecule has 0 saturated carbocycles. The molecular weight excluding hydrogens is 672 g/mol. The molecule has 6 heterocycles. The molecule has 4 aliphatic rings. The zero-order valence-electron chi connectivity index (χ0n) is 29.9. The van der Waals surface area contributed by atoms with Gasteiger partial charge in [-0.15, -0.1) is 0 Å². The molecule has 53 heavy (non-hydrogen) atoms. The average molecular weight is 719 g/mol. The van der Waals surface area contributed by atoms with Crippen LogP contribution in [0.3, 0.4) is 0 Å². The molecular formula is C39H46N10O4. The normalized spacial score (nSPS) is 19.5. The van der Waals surface area contributed by atoms with Gasteiger partial charge in [0, 0.05) is 88.2 Å². The van der Waals surface area contributed by atoms with Crippen molar-refractivity contribution >= 4 is 46.0 Å². The number of amides is 4. The smallest absolute Gasteiger partial charge is 0.255 e. The summed E-state index contributed by atoms with van der Waals surface area (Å²) >= 11 is 0. The van der Waals surface area contributed by atoms with Crippen molar-refractivity contribution in [3.63, 3.8) is 0 Å². The first kappa shape index (κ1) is 34.7. The molecule has 2 aromatic heterocycles. The monoisotopic (exact) mass is 718 g/mol. The van der Waals surface area contributed by atoms with Crippen molar-refractivity contribution in [1.82, 2.24) is 40.2 Å². The highest BCUT2D eigenvalue weighted by Crippen LogP contribution is 2.31. The van der Waals surface area contributed by atoms with Crippen LogP contribution in [0.1, 0.15) is 73.3 Å². The molecule has 3 saturated heterocycles. The van der Waals surface area contributed by atoms with Gasteiger partial charge in [-0.25, -0.2) is 4.98 Å². The zero-order chi connectivity index (χ0) is 36.3. The first-order chi connectivity index (χ1) is 25.9. The van der Waals surface area contributed by atoms with E-state index in [1.54, 1.807) is 4.90 Å². The fourth-order valence-corrected chi connectivity index (χ4v) is 8.02. The standard InChI is InChI=1S/C39H46N10O4/c50-35-11-10-34(38(52)45-35)48-24-26-21-28(8-9-30(26)39(48)53)41-14-3-1-2-7-36(51)47-17-12-29(13-18-47)49-25-27(22-43-49)32-23-42-31-5-4-6-33(37(31)44-32)46-19-15-40-16-20-46/h4-6,8-9,21-23,25,29,34,40-41H,1-3,7,10-20,24H2,(H,45,50,52). The average Bonchev–Trinajstić information content (AvgIpc) is 3.81. The SMILES string of the molecule is O=C1CCC(N2Cc3cc(NCCCCCC(=O)N4CCC(n5cc(-c6cnc7cccc(N8CCNCC8)c7n6)cn5)CC4)ccc3C2=O)C(=O)N1. The summed E-state index contributed by atoms with van der Waals surface area (Å²) in [4.78, 5) is 65.6. The van der Waals surface area contributed by atoms with Crippen LogP contribution < -0.4 is 20.9 Å². The molecule has 3 N–H and O–H groups in total. The molecule has 14 heteroatoms. The van der Waals surface area contributed by atoms with Crippen molar-refractivity contribution < 1.29 is 19.2 Å². The van der Waals surface area contributed by atoms with Gasteiger partial charge in [-0.05, 0) is 68.0 Å². The van der Waals surface area contributed by atoms with Crippen LogP contribution in [0, 0.1) is 0 Å². The fourth-order valence-electron chi connectivity index (χ4n) is 8.02. The Morgan fingerprint density at radius 1 is 0.943 bits per heavy atom. The number of unbranched alkanes of at least 4 members (excludes halogenated alkanes) is 2. The van der Waals surface area contributed by atoms with Crippen LogP contribution in [0.2, 0.25) is 0 Å². The van der Waals surface area contributed by atoms with E-state index in [0.29, 0.717) is 24.9 Å². The maximum absolute atomic E-state index is 13.0. The number of para-hydroxylation sites is 1. The highest BCUT2D eigenvalue weighted by atomic mass is 16.2. The van der Waals surface area contributed by atoms with Gasteiger partial charge in [-0.2, -0.15) is 5.10 Å². The lowest BCUT2D eigenvalue weighted by molar-refractivity contribution is -0.137. The number of hydrogen-bond acceptors (Lipinski definition) is 10. The van der Waals surface area contributed by atoms with E-state index in [-0.39, 0.29) is 30.2 Å². The number of hydrogen-bond donors (Lipinski definition) is 3. The maximum Gasteiger partial charge on any atom is 0.255 e. The Bertz CT molecular complexity index is 2020. The second-order valence-corrected chi connectivity index (χ2v) is 14.5. The quantitative estimate of drug-likeness (QED) is 0.155. The number of carbonyl (C=O) groups excluding carboxylic acids is 4. The van der Waals surface area contributed by atoms with Gasteiger partial charge in [-0.1, -0.05) is 12.5 Å². The number of imide groups is 1. The molecule has 0 bridgehead atoms. The summed E-state index contributed by atoms with van der Waals surface area (Å²) in [5.41, 5.74) is 7.11. The number of benzene rings is 2. The number of aromatic nitrogens is 4. The summed E-state index contributed by atoms with van der Waals surface area (Å²) in [5, 5.41) is 13.9. The molecule has 0 aliphatic carbocycles. The summed E-state index contributed by atoms with van der Waals surface area (Å²) in [7, 11) is 0. The van der Waals surface area contributed by atoms with Gasteiger partial charge < -0.3 is 25.3 Å². The highest BCUT2D eigenvalue weighted by molar-refractivity contribution is 6.05. The number of likely N-dealkylation sites (tertiary alicyclic amines) is 1. The lowest BCUT2D eigenvalue weighted by atomic mass is 10.0. The van der Waals surface area contributed by atoms with Gasteiger partial charge in [0.05, 0.1) is 35.3 Å². The molecule has 0 radical (unpaired) electrons. The number of rotatable bonds is 11. The van der Waals surface area contributed by atoms with E-state index in [0.717, 1.165) is 117 Å². The number of piperidine rings is 2. The topological polar surface area (TPSA) is 158 Å². The van der Waals surface area contributed by atoms with E-state index in [4.69, 9.17) is 15.1 Å². The van der Waals surface area contributed by atoms with Crippen LogP contribution in [-0.4, -0.2) is 105 Å². The number of nitrogens with zero attached hydrogens (tertiary/aromatic N) is 7. The summed E-state index contributed by atoms with van der Waals surface area (Å²) in [6.07, 6.45) is 11.3. The van der Waals surface area contributed by atoms with Crippen LogP contribution in [0.5, 0.6) is 0 Å². The first-order valence-corrected chi connectivity index (χ1v) is 19.0. The largest absolute Gasteiger partial charge is 0.385 e. The minimum atomic E-state index is -0.614. The van der Waals surface area contributed by atoms with E-state index in [9.17, 15) is 19.2 Å². The molecule has 8 rings (SSSR count). The van der Waals surface area contributed by atoms with Crippen LogP contribution in [0.15, 0.2) is 55.0 Å². The molecule has 4 aliphatic heterocycles. The summed E-state index contributed by atoms with van der Waals surface area (Å²) in [6, 6.07) is 11.5. The van der Waals surface area contributed by atoms with Crippen LogP contribution in [0.25, 0.3) is 22.3 Å². The van der Waals surface area contributed by atoms with Gasteiger partial charge in [0.25, 0.3) is 5.91 Å². The third kappa shape index (κ3) is 7.45. The van der Waals surface area contributed by atoms with Crippen molar-refractivity contribution in [2.24, 2.45) is 0 Å². The lowest BCUT2D eigenvalue weighted by Crippen LogP contribution is -2.52. The van der Waals surface area contributed by atoms with Crippen molar-refractivity contribution in [1.29, 1.82) is 0 Å². The number of fused-ring (bicyclic) bond motifs is 2. The Morgan fingerprint density at radius 2 is 1.79 bits per heavy atom. The first-order valence-electron chi connectivity index (χ1n) is 19.0. The van der Waals surface area contributed by atoms with Gasteiger partial charge in [0.2, 0.25) is 17.7 Å². The minimum Gasteiger partial charge on any atom is -0.385 e. The number of piperazine rings is 1. The van der Waals surface area contributed by atoms with Crippen molar-refractivity contribution in [3.8, 4) is 11.3 Å². The number of anilines is 2. The third-order valence-electron chi connectivity index (χ3n) is 11.0. The molecule has 4 amide bonds. The second kappa shape index (κ2) is 15.3. The predicted octanol–water partition coefficient (Wildman–Crippen LogP) is 3.50. The molecule has 0 spiro atoms. The number of nitrogens with one attached hydrogen (secondary N) is 3. The van der Waals surface area contributed by atoms with E-state index in [1.807, 2.05) is 52.3 Å². The van der Waals surface area contributed by atoms with Crippen LogP contribution in [0.4, 0.5) is 11.4 Å². The number of carbonyl (C=O) groups is 4. The molecule has 1 unspecified atom stereocenters. The van der Waals surface area contributed by atoms with Crippen molar-refractivity contribution in [2.75, 3.05) is 56.0 Å². The Labute approximate surface area is 308 Å². The van der Waals surface area contributed by atoms with Gasteiger partial charge in [0.15, 0.2) is 0 Å². The lowest BCUT2D eigenvalue weighted by Gasteiger charge is -2.32. The molecule has 14 nitrogen and oxygen atoms in total. The van der Waals surface area contributed by atoms with Gasteiger partial charge in [-0.3, -0.25) is 34.2 Å². The fraction of sp³-hybridized carbons (Fsp3) is 0.462. The summed E-state index contributed by atoms with van der Waals surface area (Å²) in [6.45, 7) is 6.38. The summed E-state index contributed by atoms with van der Waals surface area (Å²) < 4.78 is 2.03. The Balaban J connectivity index is 0.762. The molecule has 4 aromatic rings.